The van der Waals surface area contributed by atoms with Crippen LogP contribution in [0.2, 0.25) is 0 Å². The number of aliphatic hydroxyl groups is 1. The molecule has 0 radical (unpaired) electrons. The van der Waals surface area contributed by atoms with Gasteiger partial charge in [0.1, 0.15) is 6.54 Å². The van der Waals surface area contributed by atoms with Crippen molar-refractivity contribution in [1.29, 1.82) is 0 Å². The Hall–Kier alpha value is -2.52. The highest BCUT2D eigenvalue weighted by Gasteiger charge is 2.22. The lowest BCUT2D eigenvalue weighted by atomic mass is 10.2. The molecule has 2 heterocycles. The van der Waals surface area contributed by atoms with E-state index in [1.165, 1.54) is 21.6 Å². The van der Waals surface area contributed by atoms with Gasteiger partial charge in [-0.15, -0.1) is 0 Å². The third-order valence-electron chi connectivity index (χ3n) is 3.19. The monoisotopic (exact) mass is 336 g/mol. The Balaban J connectivity index is 2.28. The van der Waals surface area contributed by atoms with Gasteiger partial charge in [0.25, 0.3) is 0 Å². The van der Waals surface area contributed by atoms with E-state index >= 15 is 0 Å². The Morgan fingerprint density at radius 2 is 2.08 bits per heavy atom. The minimum Gasteiger partial charge on any atom is -0.461 e. The molecule has 24 heavy (non-hydrogen) atoms. The van der Waals surface area contributed by atoms with Gasteiger partial charge in [0.15, 0.2) is 17.8 Å². The van der Waals surface area contributed by atoms with Crippen LogP contribution in [0.1, 0.15) is 46.7 Å². The van der Waals surface area contributed by atoms with Gasteiger partial charge < -0.3 is 14.6 Å². The van der Waals surface area contributed by atoms with Crippen molar-refractivity contribution in [3.05, 3.63) is 35.4 Å². The number of carbonyl (C=O) groups is 2. The van der Waals surface area contributed by atoms with E-state index in [0.717, 1.165) is 0 Å². The number of aromatic nitrogens is 4. The molecule has 0 saturated heterocycles. The number of nitrogens with zero attached hydrogens (tertiary/aromatic N) is 4. The van der Waals surface area contributed by atoms with Gasteiger partial charge in [-0.05, 0) is 19.9 Å². The summed E-state index contributed by atoms with van der Waals surface area (Å²) in [4.78, 5) is 24.1. The first-order valence-electron chi connectivity index (χ1n) is 7.52. The fourth-order valence-electron chi connectivity index (χ4n) is 2.10. The predicted molar refractivity (Wildman–Crippen MR) is 82.3 cm³/mol. The van der Waals surface area contributed by atoms with Gasteiger partial charge in [0, 0.05) is 19.9 Å². The maximum atomic E-state index is 12.3. The molecule has 0 amide bonds. The highest BCUT2D eigenvalue weighted by atomic mass is 16.6. The van der Waals surface area contributed by atoms with Gasteiger partial charge in [0.05, 0.1) is 24.1 Å². The number of carbonyl (C=O) groups excluding carboxylic acids is 2. The molecule has 1 atom stereocenters. The summed E-state index contributed by atoms with van der Waals surface area (Å²) in [7, 11) is 1.70. The molecule has 0 bridgehead atoms. The fraction of sp³-hybridized carbons (Fsp3) is 0.467. The number of rotatable bonds is 8. The lowest BCUT2D eigenvalue weighted by Crippen LogP contribution is -2.17. The van der Waals surface area contributed by atoms with Crippen LogP contribution in [0.4, 0.5) is 0 Å². The Kier molecular flexibility index (Phi) is 5.83. The average molecular weight is 336 g/mol. The van der Waals surface area contributed by atoms with Crippen LogP contribution >= 0.6 is 0 Å². The smallest absolute Gasteiger partial charge is 0.358 e. The second-order valence-corrected chi connectivity index (χ2v) is 4.97. The van der Waals surface area contributed by atoms with Crippen molar-refractivity contribution in [2.75, 3.05) is 13.2 Å². The van der Waals surface area contributed by atoms with Crippen LogP contribution in [0.25, 0.3) is 0 Å². The molecule has 9 heteroatoms. The third-order valence-corrected chi connectivity index (χ3v) is 3.19. The van der Waals surface area contributed by atoms with Gasteiger partial charge in [-0.1, -0.05) is 0 Å². The van der Waals surface area contributed by atoms with Gasteiger partial charge >= 0.3 is 5.97 Å². The summed E-state index contributed by atoms with van der Waals surface area (Å²) in [6.45, 7) is 3.69. The zero-order valence-corrected chi connectivity index (χ0v) is 13.8. The molecule has 0 saturated carbocycles. The molecule has 0 aliphatic rings. The summed E-state index contributed by atoms with van der Waals surface area (Å²) in [5.41, 5.74) is 0.615. The van der Waals surface area contributed by atoms with E-state index < -0.39 is 12.3 Å². The van der Waals surface area contributed by atoms with Crippen LogP contribution in [0, 0.1) is 0 Å². The number of esters is 1. The Morgan fingerprint density at radius 1 is 1.33 bits per heavy atom. The number of Topliss-reactive ketones (excluding diaryl/α,β-unsaturated/α-hetero) is 1. The van der Waals surface area contributed by atoms with E-state index in [2.05, 4.69) is 10.2 Å². The lowest BCUT2D eigenvalue weighted by Gasteiger charge is -2.12. The van der Waals surface area contributed by atoms with Gasteiger partial charge in [-0.2, -0.15) is 10.2 Å². The average Bonchev–Trinajstić information content (AvgIpc) is 3.14. The molecule has 2 rings (SSSR count). The second kappa shape index (κ2) is 7.84. The van der Waals surface area contributed by atoms with Crippen molar-refractivity contribution in [2.45, 2.75) is 26.7 Å². The van der Waals surface area contributed by atoms with E-state index in [0.29, 0.717) is 5.56 Å². The summed E-state index contributed by atoms with van der Waals surface area (Å²) in [6, 6.07) is 1.36. The molecule has 2 aromatic rings. The summed E-state index contributed by atoms with van der Waals surface area (Å²) < 4.78 is 12.8. The predicted octanol–water partition coefficient (Wildman–Crippen LogP) is 0.704. The third kappa shape index (κ3) is 4.06. The molecule has 0 aliphatic carbocycles. The number of aliphatic hydroxyl groups excluding tert-OH is 1. The van der Waals surface area contributed by atoms with Crippen molar-refractivity contribution >= 4 is 11.8 Å². The minimum atomic E-state index is -1.30. The molecule has 130 valence electrons. The zero-order chi connectivity index (χ0) is 17.7. The molecular formula is C15H20N4O5. The molecule has 9 nitrogen and oxygen atoms in total. The summed E-state index contributed by atoms with van der Waals surface area (Å²) in [5.74, 6) is -0.887. The van der Waals surface area contributed by atoms with Crippen molar-refractivity contribution in [2.24, 2.45) is 7.05 Å². The first kappa shape index (κ1) is 17.8. The number of hydrogen-bond donors (Lipinski definition) is 1. The van der Waals surface area contributed by atoms with Crippen LogP contribution in [0.5, 0.6) is 0 Å². The fourth-order valence-corrected chi connectivity index (χ4v) is 2.10. The van der Waals surface area contributed by atoms with Crippen LogP contribution in [0.3, 0.4) is 0 Å². The normalized spacial score (nSPS) is 12.2. The number of aryl methyl sites for hydroxylation is 1. The minimum absolute atomic E-state index is 0.00425. The molecule has 0 aliphatic heterocycles. The summed E-state index contributed by atoms with van der Waals surface area (Å²) in [6.07, 6.45) is 1.72. The summed E-state index contributed by atoms with van der Waals surface area (Å²) >= 11 is 0. The maximum Gasteiger partial charge on any atom is 0.358 e. The Bertz CT molecular complexity index is 721. The van der Waals surface area contributed by atoms with Crippen molar-refractivity contribution in [3.8, 4) is 0 Å². The van der Waals surface area contributed by atoms with Crippen molar-refractivity contribution in [3.63, 3.8) is 0 Å². The molecule has 1 N–H and O–H groups in total. The highest BCUT2D eigenvalue weighted by molar-refractivity contribution is 5.95. The molecule has 0 fully saturated rings. The topological polar surface area (TPSA) is 108 Å². The first-order chi connectivity index (χ1) is 11.5. The van der Waals surface area contributed by atoms with E-state index in [-0.39, 0.29) is 36.9 Å². The van der Waals surface area contributed by atoms with Crippen LogP contribution < -0.4 is 0 Å². The van der Waals surface area contributed by atoms with E-state index in [1.54, 1.807) is 27.1 Å². The molecule has 1 unspecified atom stereocenters. The van der Waals surface area contributed by atoms with Crippen LogP contribution in [-0.4, -0.2) is 49.6 Å². The van der Waals surface area contributed by atoms with E-state index in [4.69, 9.17) is 9.47 Å². The van der Waals surface area contributed by atoms with Crippen molar-refractivity contribution < 1.29 is 24.2 Å². The van der Waals surface area contributed by atoms with E-state index in [1.807, 2.05) is 0 Å². The van der Waals surface area contributed by atoms with Gasteiger partial charge in [-0.25, -0.2) is 4.79 Å². The van der Waals surface area contributed by atoms with Crippen LogP contribution in [0.15, 0.2) is 18.5 Å². The molecule has 0 aromatic carbocycles. The maximum absolute atomic E-state index is 12.3. The Labute approximate surface area is 138 Å². The summed E-state index contributed by atoms with van der Waals surface area (Å²) in [5, 5.41) is 18.1. The molecule has 0 spiro atoms. The Morgan fingerprint density at radius 3 is 2.67 bits per heavy atom. The molecular weight excluding hydrogens is 316 g/mol. The SMILES string of the molecule is CCOC(=O)c1cc(C(O)OCC)n(CC(=O)c2cnn(C)c2)n1. The number of ether oxygens (including phenoxy) is 2. The quantitative estimate of drug-likeness (QED) is 0.429. The highest BCUT2D eigenvalue weighted by Crippen LogP contribution is 2.17. The molecule has 2 aromatic heterocycles. The van der Waals surface area contributed by atoms with Crippen LogP contribution in [-0.2, 0) is 23.1 Å². The lowest BCUT2D eigenvalue weighted by molar-refractivity contribution is -0.103. The first-order valence-corrected chi connectivity index (χ1v) is 7.52. The van der Waals surface area contributed by atoms with Crippen molar-refractivity contribution in [1.82, 2.24) is 19.6 Å². The van der Waals surface area contributed by atoms with Gasteiger partial charge in [-0.3, -0.25) is 14.2 Å². The zero-order valence-electron chi connectivity index (χ0n) is 13.8. The standard InChI is InChI=1S/C15H20N4O5/c1-4-23-14(21)11-6-12(15(22)24-5-2)19(17-11)9-13(20)10-7-16-18(3)8-10/h6-8,15,22H,4-5,9H2,1-3H3. The second-order valence-electron chi connectivity index (χ2n) is 4.97. The van der Waals surface area contributed by atoms with Gasteiger partial charge in [0.2, 0.25) is 0 Å². The largest absolute Gasteiger partial charge is 0.461 e. The number of ketones is 1. The number of hydrogen-bond acceptors (Lipinski definition) is 7. The van der Waals surface area contributed by atoms with E-state index in [9.17, 15) is 14.7 Å².